The van der Waals surface area contributed by atoms with Gasteiger partial charge in [-0.3, -0.25) is 20.4 Å². The van der Waals surface area contributed by atoms with E-state index in [0.29, 0.717) is 11.5 Å². The van der Waals surface area contributed by atoms with E-state index in [1.165, 1.54) is 5.56 Å². The molecule has 0 aliphatic carbocycles. The highest BCUT2D eigenvalue weighted by Crippen LogP contribution is 2.25. The summed E-state index contributed by atoms with van der Waals surface area (Å²) in [6.07, 6.45) is 0. The molecule has 0 saturated carbocycles. The molecule has 0 saturated heterocycles. The predicted octanol–water partition coefficient (Wildman–Crippen LogP) is 3.66. The summed E-state index contributed by atoms with van der Waals surface area (Å²) >= 11 is 3.37. The lowest BCUT2D eigenvalue weighted by Crippen LogP contribution is -2.45. The number of halogens is 1. The number of aryl methyl sites for hydroxylation is 1. The number of nitrogens with one attached hydrogen (secondary N) is 2. The fraction of sp³-hybridized carbons (Fsp3) is 0.333. The zero-order valence-corrected chi connectivity index (χ0v) is 18.1. The third kappa shape index (κ3) is 6.88. The summed E-state index contributed by atoms with van der Waals surface area (Å²) in [6.45, 7) is 7.90. The van der Waals surface area contributed by atoms with Gasteiger partial charge in [0.25, 0.3) is 11.8 Å². The highest BCUT2D eigenvalue weighted by Gasteiger charge is 2.13. The molecule has 0 heterocycles. The van der Waals surface area contributed by atoms with Gasteiger partial charge in [-0.15, -0.1) is 0 Å². The first-order valence-electron chi connectivity index (χ1n) is 8.85. The first-order valence-corrected chi connectivity index (χ1v) is 9.64. The first kappa shape index (κ1) is 21.8. The molecule has 2 N–H and O–H groups in total. The van der Waals surface area contributed by atoms with E-state index in [4.69, 9.17) is 9.47 Å². The Hall–Kier alpha value is -2.54. The van der Waals surface area contributed by atoms with E-state index in [2.05, 4.69) is 47.6 Å². The van der Waals surface area contributed by atoms with Gasteiger partial charge in [0, 0.05) is 0 Å². The van der Waals surface area contributed by atoms with Crippen molar-refractivity contribution >= 4 is 27.7 Å². The van der Waals surface area contributed by atoms with Crippen LogP contribution in [0.2, 0.25) is 0 Å². The Bertz CT molecular complexity index is 829. The second-order valence-electron chi connectivity index (χ2n) is 7.38. The molecule has 0 fully saturated rings. The van der Waals surface area contributed by atoms with Crippen LogP contribution in [0.3, 0.4) is 0 Å². The maximum Gasteiger partial charge on any atom is 0.276 e. The fourth-order valence-corrected chi connectivity index (χ4v) is 2.89. The van der Waals surface area contributed by atoms with Gasteiger partial charge in [-0.1, -0.05) is 39.0 Å². The zero-order chi connectivity index (χ0) is 20.7. The molecule has 0 aliphatic heterocycles. The van der Waals surface area contributed by atoms with Crippen LogP contribution in [0.5, 0.6) is 11.5 Å². The van der Waals surface area contributed by atoms with Gasteiger partial charge < -0.3 is 9.47 Å². The molecule has 0 radical (unpaired) electrons. The topological polar surface area (TPSA) is 76.7 Å². The summed E-state index contributed by atoms with van der Waals surface area (Å²) in [6, 6.07) is 13.1. The van der Waals surface area contributed by atoms with Gasteiger partial charge in [-0.2, -0.15) is 0 Å². The van der Waals surface area contributed by atoms with Crippen LogP contribution in [0, 0.1) is 6.92 Å². The number of hydrogen-bond donors (Lipinski definition) is 2. The summed E-state index contributed by atoms with van der Waals surface area (Å²) in [5.41, 5.74) is 6.89. The van der Waals surface area contributed by atoms with E-state index in [0.717, 1.165) is 10.0 Å². The number of hydrogen-bond acceptors (Lipinski definition) is 4. The number of carbonyl (C=O) groups excluding carboxylic acids is 2. The quantitative estimate of drug-likeness (QED) is 0.661. The third-order valence-corrected chi connectivity index (χ3v) is 4.50. The van der Waals surface area contributed by atoms with Crippen LogP contribution in [-0.2, 0) is 15.0 Å². The van der Waals surface area contributed by atoms with Gasteiger partial charge >= 0.3 is 0 Å². The van der Waals surface area contributed by atoms with Crippen LogP contribution in [0.15, 0.2) is 46.9 Å². The lowest BCUT2D eigenvalue weighted by Gasteiger charge is -2.19. The summed E-state index contributed by atoms with van der Waals surface area (Å²) in [7, 11) is 0. The fourth-order valence-electron chi connectivity index (χ4n) is 2.28. The molecule has 0 aliphatic rings. The number of hydrazine groups is 1. The molecular weight excluding hydrogens is 424 g/mol. The molecule has 7 heteroatoms. The van der Waals surface area contributed by atoms with Gasteiger partial charge in [-0.05, 0) is 63.7 Å². The maximum absolute atomic E-state index is 11.8. The summed E-state index contributed by atoms with van der Waals surface area (Å²) in [4.78, 5) is 23.6. The Morgan fingerprint density at radius 2 is 1.50 bits per heavy atom. The van der Waals surface area contributed by atoms with Gasteiger partial charge in [0.2, 0.25) is 0 Å². The summed E-state index contributed by atoms with van der Waals surface area (Å²) in [5.74, 6) is 0.191. The summed E-state index contributed by atoms with van der Waals surface area (Å²) in [5, 5.41) is 0. The Morgan fingerprint density at radius 3 is 2.04 bits per heavy atom. The van der Waals surface area contributed by atoms with Crippen LogP contribution in [0.25, 0.3) is 0 Å². The van der Waals surface area contributed by atoms with Crippen molar-refractivity contribution in [3.63, 3.8) is 0 Å². The second kappa shape index (κ2) is 9.59. The minimum absolute atomic E-state index is 0.0520. The standard InChI is InChI=1S/C21H25BrN2O4/c1-14-5-10-18(17(22)11-14)28-13-20(26)24-23-19(25)12-27-16-8-6-15(7-9-16)21(2,3)4/h5-11H,12-13H2,1-4H3,(H,23,25)(H,24,26). The predicted molar refractivity (Wildman–Crippen MR) is 111 cm³/mol. The largest absolute Gasteiger partial charge is 0.484 e. The van der Waals surface area contributed by atoms with Gasteiger partial charge in [0.1, 0.15) is 11.5 Å². The molecular formula is C21H25BrN2O4. The second-order valence-corrected chi connectivity index (χ2v) is 8.24. The molecule has 6 nitrogen and oxygen atoms in total. The van der Waals surface area contributed by atoms with E-state index in [9.17, 15) is 9.59 Å². The zero-order valence-electron chi connectivity index (χ0n) is 16.5. The Balaban J connectivity index is 1.71. The van der Waals surface area contributed by atoms with E-state index in [1.54, 1.807) is 6.07 Å². The lowest BCUT2D eigenvalue weighted by molar-refractivity contribution is -0.131. The minimum Gasteiger partial charge on any atom is -0.484 e. The highest BCUT2D eigenvalue weighted by atomic mass is 79.9. The molecule has 150 valence electrons. The molecule has 28 heavy (non-hydrogen) atoms. The third-order valence-electron chi connectivity index (χ3n) is 3.88. The van der Waals surface area contributed by atoms with Crippen LogP contribution in [0.1, 0.15) is 31.9 Å². The number of ether oxygens (including phenoxy) is 2. The molecule has 0 bridgehead atoms. The smallest absolute Gasteiger partial charge is 0.276 e. The highest BCUT2D eigenvalue weighted by molar-refractivity contribution is 9.10. The van der Waals surface area contributed by atoms with E-state index < -0.39 is 11.8 Å². The number of benzene rings is 2. The average Bonchev–Trinajstić information content (AvgIpc) is 2.63. The molecule has 2 aromatic rings. The molecule has 2 amide bonds. The van der Waals surface area contributed by atoms with Crippen molar-refractivity contribution in [1.29, 1.82) is 0 Å². The SMILES string of the molecule is Cc1ccc(OCC(=O)NNC(=O)COc2ccc(C(C)(C)C)cc2)c(Br)c1. The molecule has 0 spiro atoms. The van der Waals surface area contributed by atoms with E-state index in [-0.39, 0.29) is 18.6 Å². The minimum atomic E-state index is -0.477. The Labute approximate surface area is 173 Å². The van der Waals surface area contributed by atoms with E-state index in [1.807, 2.05) is 43.3 Å². The Morgan fingerprint density at radius 1 is 0.929 bits per heavy atom. The first-order chi connectivity index (χ1) is 13.1. The van der Waals surface area contributed by atoms with Crippen LogP contribution < -0.4 is 20.3 Å². The van der Waals surface area contributed by atoms with Crippen molar-refractivity contribution < 1.29 is 19.1 Å². The number of rotatable bonds is 6. The monoisotopic (exact) mass is 448 g/mol. The number of carbonyl (C=O) groups is 2. The van der Waals surface area contributed by atoms with Crippen LogP contribution in [0.4, 0.5) is 0 Å². The van der Waals surface area contributed by atoms with Crippen molar-refractivity contribution in [3.8, 4) is 11.5 Å². The number of amides is 2. The van der Waals surface area contributed by atoms with Gasteiger partial charge in [0.15, 0.2) is 13.2 Å². The molecule has 2 rings (SSSR count). The molecule has 0 atom stereocenters. The molecule has 0 unspecified atom stereocenters. The normalized spacial score (nSPS) is 10.9. The molecule has 0 aromatic heterocycles. The summed E-state index contributed by atoms with van der Waals surface area (Å²) < 4.78 is 11.6. The van der Waals surface area contributed by atoms with E-state index >= 15 is 0 Å². The van der Waals surface area contributed by atoms with Crippen molar-refractivity contribution in [2.24, 2.45) is 0 Å². The van der Waals surface area contributed by atoms with Crippen molar-refractivity contribution in [2.75, 3.05) is 13.2 Å². The Kier molecular flexibility index (Phi) is 7.45. The van der Waals surface area contributed by atoms with Crippen molar-refractivity contribution in [2.45, 2.75) is 33.1 Å². The maximum atomic E-state index is 11.8. The van der Waals surface area contributed by atoms with Crippen molar-refractivity contribution in [1.82, 2.24) is 10.9 Å². The molecule has 2 aromatic carbocycles. The van der Waals surface area contributed by atoms with Crippen LogP contribution in [-0.4, -0.2) is 25.0 Å². The van der Waals surface area contributed by atoms with Crippen molar-refractivity contribution in [3.05, 3.63) is 58.1 Å². The average molecular weight is 449 g/mol. The van der Waals surface area contributed by atoms with Gasteiger partial charge in [0.05, 0.1) is 4.47 Å². The lowest BCUT2D eigenvalue weighted by atomic mass is 9.87. The van der Waals surface area contributed by atoms with Crippen LogP contribution >= 0.6 is 15.9 Å². The van der Waals surface area contributed by atoms with Gasteiger partial charge in [-0.25, -0.2) is 0 Å².